The summed E-state index contributed by atoms with van der Waals surface area (Å²) in [6.07, 6.45) is 0.365. The van der Waals surface area contributed by atoms with Gasteiger partial charge in [-0.2, -0.15) is 32.1 Å². The number of halogens is 1. The van der Waals surface area contributed by atoms with Crippen molar-refractivity contribution in [1.82, 2.24) is 9.78 Å². The third kappa shape index (κ3) is 5.56. The Bertz CT molecular complexity index is 1390. The second-order valence-corrected chi connectivity index (χ2v) is 9.19. The minimum atomic E-state index is -0.605. The zero-order valence-corrected chi connectivity index (χ0v) is 23.4. The van der Waals surface area contributed by atoms with Gasteiger partial charge < -0.3 is 0 Å². The summed E-state index contributed by atoms with van der Waals surface area (Å²) in [5, 5.41) is 4.83. The molecule has 4 aromatic rings. The number of para-hydroxylation sites is 1. The maximum atomic E-state index is 14.0. The van der Waals surface area contributed by atoms with Crippen molar-refractivity contribution in [1.29, 1.82) is 0 Å². The number of carbonyl (C=O) groups is 2. The van der Waals surface area contributed by atoms with Gasteiger partial charge in [-0.25, -0.2) is 9.07 Å². The van der Waals surface area contributed by atoms with Gasteiger partial charge in [-0.15, -0.1) is 0 Å². The Balaban J connectivity index is 0.00000200. The molecule has 2 heterocycles. The zero-order chi connectivity index (χ0) is 25.2. The molecule has 0 aliphatic carbocycles. The standard InChI is InChI=1S/C30H28FN3O2.2H2S/c1-3-33-29-27(20(2)32-34(29)24-12-8-5-9-13-24)28(22-14-16-23(31)17-15-22)26(30(33)36)19-25(35)18-21-10-6-4-7-11-21;;/h4-17,26,28H,3,18-19H2,1-2H3;2*1H2/t26-,28+;;/m0../s1. The molecule has 0 saturated heterocycles. The number of fused-ring (bicyclic) bond motifs is 1. The van der Waals surface area contributed by atoms with Crippen molar-refractivity contribution >= 4 is 44.5 Å². The summed E-state index contributed by atoms with van der Waals surface area (Å²) in [6, 6.07) is 25.5. The average molecular weight is 550 g/mol. The van der Waals surface area contributed by atoms with Crippen LogP contribution < -0.4 is 4.90 Å². The van der Waals surface area contributed by atoms with Crippen LogP contribution in [0.3, 0.4) is 0 Å². The summed E-state index contributed by atoms with van der Waals surface area (Å²) in [7, 11) is 0. The molecule has 0 unspecified atom stereocenters. The van der Waals surface area contributed by atoms with Gasteiger partial charge in [0.2, 0.25) is 5.91 Å². The minimum Gasteiger partial charge on any atom is -0.299 e. The molecule has 1 aromatic heterocycles. The van der Waals surface area contributed by atoms with Crippen molar-refractivity contribution in [3.05, 3.63) is 113 Å². The molecule has 0 saturated carbocycles. The molecule has 0 radical (unpaired) electrons. The quantitative estimate of drug-likeness (QED) is 0.290. The molecule has 38 heavy (non-hydrogen) atoms. The van der Waals surface area contributed by atoms with E-state index >= 15 is 0 Å². The topological polar surface area (TPSA) is 55.2 Å². The fraction of sp³-hybridized carbons (Fsp3) is 0.233. The predicted octanol–water partition coefficient (Wildman–Crippen LogP) is 5.86. The van der Waals surface area contributed by atoms with Crippen LogP contribution in [0.15, 0.2) is 84.9 Å². The number of rotatable bonds is 7. The Morgan fingerprint density at radius 3 is 2.13 bits per heavy atom. The first-order valence-corrected chi connectivity index (χ1v) is 12.2. The Hall–Kier alpha value is -3.36. The molecule has 8 heteroatoms. The first-order valence-electron chi connectivity index (χ1n) is 12.2. The zero-order valence-electron chi connectivity index (χ0n) is 21.4. The Morgan fingerprint density at radius 2 is 1.53 bits per heavy atom. The highest BCUT2D eigenvalue weighted by Crippen LogP contribution is 2.47. The fourth-order valence-corrected chi connectivity index (χ4v) is 5.27. The number of amides is 1. The lowest BCUT2D eigenvalue weighted by atomic mass is 9.74. The van der Waals surface area contributed by atoms with E-state index in [1.165, 1.54) is 12.1 Å². The molecule has 1 aliphatic heterocycles. The number of benzene rings is 3. The van der Waals surface area contributed by atoms with Crippen LogP contribution in [0.25, 0.3) is 5.69 Å². The Morgan fingerprint density at radius 1 is 0.921 bits per heavy atom. The first kappa shape index (κ1) is 29.2. The van der Waals surface area contributed by atoms with Crippen molar-refractivity contribution in [3.8, 4) is 5.69 Å². The van der Waals surface area contributed by atoms with Crippen LogP contribution in [0.2, 0.25) is 0 Å². The van der Waals surface area contributed by atoms with Crippen LogP contribution in [0.1, 0.15) is 41.6 Å². The molecule has 5 rings (SSSR count). The number of aromatic nitrogens is 2. The van der Waals surface area contributed by atoms with Crippen LogP contribution in [0.5, 0.6) is 0 Å². The molecule has 0 spiro atoms. The van der Waals surface area contributed by atoms with Crippen molar-refractivity contribution in [2.45, 2.75) is 32.6 Å². The summed E-state index contributed by atoms with van der Waals surface area (Å²) < 4.78 is 15.7. The van der Waals surface area contributed by atoms with Gasteiger partial charge in [0.25, 0.3) is 0 Å². The molecule has 1 amide bonds. The lowest BCUT2D eigenvalue weighted by Gasteiger charge is -2.38. The minimum absolute atomic E-state index is 0. The van der Waals surface area contributed by atoms with Crippen molar-refractivity contribution in [2.75, 3.05) is 11.4 Å². The van der Waals surface area contributed by atoms with E-state index < -0.39 is 11.8 Å². The molecule has 5 nitrogen and oxygen atoms in total. The highest BCUT2D eigenvalue weighted by atomic mass is 32.1. The van der Waals surface area contributed by atoms with E-state index in [4.69, 9.17) is 5.10 Å². The number of hydrogen-bond donors (Lipinski definition) is 0. The van der Waals surface area contributed by atoms with Crippen LogP contribution in [-0.2, 0) is 16.0 Å². The van der Waals surface area contributed by atoms with Crippen molar-refractivity contribution in [3.63, 3.8) is 0 Å². The third-order valence-electron chi connectivity index (χ3n) is 6.87. The molecule has 198 valence electrons. The van der Waals surface area contributed by atoms with E-state index in [-0.39, 0.29) is 57.3 Å². The van der Waals surface area contributed by atoms with Gasteiger partial charge in [-0.3, -0.25) is 14.5 Å². The fourth-order valence-electron chi connectivity index (χ4n) is 5.27. The van der Waals surface area contributed by atoms with Crippen molar-refractivity contribution < 1.29 is 14.0 Å². The summed E-state index contributed by atoms with van der Waals surface area (Å²) in [5.41, 5.74) is 4.27. The van der Waals surface area contributed by atoms with Gasteiger partial charge in [0.05, 0.1) is 17.3 Å². The number of carbonyl (C=O) groups excluding carboxylic acids is 2. The van der Waals surface area contributed by atoms with Gasteiger partial charge in [-0.1, -0.05) is 60.7 Å². The van der Waals surface area contributed by atoms with Crippen molar-refractivity contribution in [2.24, 2.45) is 5.92 Å². The van der Waals surface area contributed by atoms with Gasteiger partial charge in [0.1, 0.15) is 17.4 Å². The maximum absolute atomic E-state index is 14.0. The van der Waals surface area contributed by atoms with Crippen LogP contribution in [-0.4, -0.2) is 28.0 Å². The van der Waals surface area contributed by atoms with E-state index in [0.29, 0.717) is 12.4 Å². The predicted molar refractivity (Wildman–Crippen MR) is 159 cm³/mol. The summed E-state index contributed by atoms with van der Waals surface area (Å²) in [5.74, 6) is -0.756. The third-order valence-corrected chi connectivity index (χ3v) is 6.87. The number of nitrogens with zero attached hydrogens (tertiary/aromatic N) is 3. The summed E-state index contributed by atoms with van der Waals surface area (Å²) in [6.45, 7) is 4.31. The molecular weight excluding hydrogens is 517 g/mol. The van der Waals surface area contributed by atoms with Gasteiger partial charge >= 0.3 is 0 Å². The van der Waals surface area contributed by atoms with Crippen LogP contribution in [0, 0.1) is 18.7 Å². The maximum Gasteiger partial charge on any atom is 0.232 e. The van der Waals surface area contributed by atoms with Crippen LogP contribution in [0.4, 0.5) is 10.2 Å². The lowest BCUT2D eigenvalue weighted by molar-refractivity contribution is -0.128. The Kier molecular flexibility index (Phi) is 9.57. The monoisotopic (exact) mass is 549 g/mol. The second-order valence-electron chi connectivity index (χ2n) is 9.19. The van der Waals surface area contributed by atoms with Gasteiger partial charge in [0.15, 0.2) is 0 Å². The number of hydrogen-bond acceptors (Lipinski definition) is 3. The Labute approximate surface area is 236 Å². The SMILES string of the molecule is CCN1C(=O)[C@@H](CC(=O)Cc2ccccc2)[C@@H](c2ccc(F)cc2)c2c(C)nn(-c3ccccc3)c21.S.S. The molecule has 0 fully saturated rings. The largest absolute Gasteiger partial charge is 0.299 e. The first-order chi connectivity index (χ1) is 17.5. The number of Topliss-reactive ketones (excluding diaryl/α,β-unsaturated/α-hetero) is 1. The molecule has 0 N–H and O–H groups in total. The van der Waals surface area contributed by atoms with E-state index in [2.05, 4.69) is 0 Å². The van der Waals surface area contributed by atoms with E-state index in [1.807, 2.05) is 79.2 Å². The van der Waals surface area contributed by atoms with E-state index in [1.54, 1.807) is 17.0 Å². The molecule has 1 aliphatic rings. The second kappa shape index (κ2) is 12.5. The molecule has 2 atom stereocenters. The molecule has 3 aromatic carbocycles. The normalized spacial score (nSPS) is 16.3. The van der Waals surface area contributed by atoms with Crippen LogP contribution >= 0.6 is 27.0 Å². The van der Waals surface area contributed by atoms with Gasteiger partial charge in [-0.05, 0) is 49.2 Å². The summed E-state index contributed by atoms with van der Waals surface area (Å²) >= 11 is 0. The van der Waals surface area contributed by atoms with E-state index in [9.17, 15) is 14.0 Å². The smallest absolute Gasteiger partial charge is 0.232 e. The average Bonchev–Trinajstić information content (AvgIpc) is 3.23. The molecule has 0 bridgehead atoms. The highest BCUT2D eigenvalue weighted by molar-refractivity contribution is 7.59. The number of aryl methyl sites for hydroxylation is 1. The highest BCUT2D eigenvalue weighted by Gasteiger charge is 2.45. The summed E-state index contributed by atoms with van der Waals surface area (Å²) in [4.78, 5) is 29.0. The lowest BCUT2D eigenvalue weighted by Crippen LogP contribution is -2.45. The molecular formula is C30H32FN3O2S2. The number of anilines is 1. The number of ketones is 1. The van der Waals surface area contributed by atoms with Gasteiger partial charge in [0, 0.05) is 30.9 Å². The van der Waals surface area contributed by atoms with E-state index in [0.717, 1.165) is 28.1 Å².